The molecule has 0 bridgehead atoms. The van der Waals surface area contributed by atoms with E-state index >= 15 is 0 Å². The van der Waals surface area contributed by atoms with E-state index in [-0.39, 0.29) is 35.7 Å². The number of nitrogens with one attached hydrogen (secondary N) is 2. The average Bonchev–Trinajstić information content (AvgIpc) is 3.44. The van der Waals surface area contributed by atoms with Crippen LogP contribution < -0.4 is 15.0 Å². The molecule has 0 fully saturated rings. The summed E-state index contributed by atoms with van der Waals surface area (Å²) >= 11 is 1.40. The molecule has 0 aliphatic rings. The minimum Gasteiger partial charge on any atom is -0.496 e. The van der Waals surface area contributed by atoms with Gasteiger partial charge in [0, 0.05) is 22.0 Å². The summed E-state index contributed by atoms with van der Waals surface area (Å²) in [6, 6.07) is 15.8. The molecule has 2 aromatic heterocycles. The molecule has 1 atom stereocenters. The van der Waals surface area contributed by atoms with Crippen LogP contribution in [0.5, 0.6) is 5.75 Å². The maximum atomic E-state index is 14.0. The van der Waals surface area contributed by atoms with Crippen molar-refractivity contribution in [1.29, 1.82) is 0 Å². The number of esters is 1. The number of pyridine rings is 1. The number of rotatable bonds is 11. The lowest BCUT2D eigenvalue weighted by molar-refractivity contribution is -0.149. The minimum atomic E-state index is -4.27. The zero-order valence-corrected chi connectivity index (χ0v) is 22.9. The van der Waals surface area contributed by atoms with Crippen molar-refractivity contribution in [2.45, 2.75) is 24.4 Å². The third kappa shape index (κ3) is 6.72. The van der Waals surface area contributed by atoms with Gasteiger partial charge in [-0.05, 0) is 54.1 Å². The standard InChI is InChI=1S/C27H27N3O7S2/c1-3-37-25(32)17-30(16-19-7-6-14-38-19)27(33)26(21-8-4-5-9-23(21)36-2)29-39(34,35)20-11-12-22-18(15-20)10-13-24(31)28-22/h4-15,26,29H,3,16-17H2,1-2H3,(H,28,31)/t26-/m0/s1. The Labute approximate surface area is 229 Å². The summed E-state index contributed by atoms with van der Waals surface area (Å²) in [5.74, 6) is -0.982. The molecule has 12 heteroatoms. The molecule has 0 saturated carbocycles. The van der Waals surface area contributed by atoms with Gasteiger partial charge in [0.2, 0.25) is 21.5 Å². The first-order chi connectivity index (χ1) is 18.7. The van der Waals surface area contributed by atoms with Crippen LogP contribution in [-0.4, -0.2) is 50.4 Å². The molecule has 204 valence electrons. The fourth-order valence-corrected chi connectivity index (χ4v) is 5.94. The summed E-state index contributed by atoms with van der Waals surface area (Å²) in [6.45, 7) is 1.50. The number of methoxy groups -OCH3 is 1. The molecule has 2 heterocycles. The molecule has 0 spiro atoms. The number of ether oxygens (including phenoxy) is 2. The molecule has 1 amide bonds. The second-order valence-electron chi connectivity index (χ2n) is 8.45. The molecule has 10 nitrogen and oxygen atoms in total. The van der Waals surface area contributed by atoms with Crippen LogP contribution in [0.2, 0.25) is 0 Å². The molecule has 4 aromatic rings. The number of benzene rings is 2. The molecular weight excluding hydrogens is 542 g/mol. The van der Waals surface area contributed by atoms with Crippen molar-refractivity contribution in [1.82, 2.24) is 14.6 Å². The monoisotopic (exact) mass is 569 g/mol. The summed E-state index contributed by atoms with van der Waals surface area (Å²) in [6.07, 6.45) is 0. The van der Waals surface area contributed by atoms with Gasteiger partial charge in [-0.2, -0.15) is 4.72 Å². The molecule has 2 N–H and O–H groups in total. The quantitative estimate of drug-likeness (QED) is 0.265. The predicted octanol–water partition coefficient (Wildman–Crippen LogP) is 3.21. The van der Waals surface area contributed by atoms with E-state index < -0.39 is 27.9 Å². The molecule has 0 aliphatic carbocycles. The lowest BCUT2D eigenvalue weighted by Crippen LogP contribution is -2.44. The number of carbonyl (C=O) groups excluding carboxylic acids is 2. The number of sulfonamides is 1. The fraction of sp³-hybridized carbons (Fsp3) is 0.222. The first-order valence-corrected chi connectivity index (χ1v) is 14.3. The van der Waals surface area contributed by atoms with Gasteiger partial charge in [0.15, 0.2) is 0 Å². The number of amides is 1. The molecule has 0 unspecified atom stereocenters. The second-order valence-corrected chi connectivity index (χ2v) is 11.2. The molecule has 4 rings (SSSR count). The number of thiophene rings is 1. The van der Waals surface area contributed by atoms with Gasteiger partial charge in [0.1, 0.15) is 18.3 Å². The molecule has 2 aromatic carbocycles. The lowest BCUT2D eigenvalue weighted by Gasteiger charge is -2.28. The predicted molar refractivity (Wildman–Crippen MR) is 147 cm³/mol. The number of fused-ring (bicyclic) bond motifs is 1. The summed E-state index contributed by atoms with van der Waals surface area (Å²) in [7, 11) is -2.85. The molecular formula is C27H27N3O7S2. The highest BCUT2D eigenvalue weighted by Crippen LogP contribution is 2.29. The Morgan fingerprint density at radius 1 is 1.08 bits per heavy atom. The topological polar surface area (TPSA) is 135 Å². The van der Waals surface area contributed by atoms with Crippen LogP contribution in [-0.2, 0) is 30.9 Å². The van der Waals surface area contributed by atoms with Gasteiger partial charge in [-0.15, -0.1) is 11.3 Å². The molecule has 0 radical (unpaired) electrons. The Hall–Kier alpha value is -4.00. The third-order valence-electron chi connectivity index (χ3n) is 5.84. The third-order valence-corrected chi connectivity index (χ3v) is 8.12. The number of hydrogen-bond acceptors (Lipinski definition) is 8. The normalized spacial score (nSPS) is 12.2. The van der Waals surface area contributed by atoms with Gasteiger partial charge in [-0.1, -0.05) is 24.3 Å². The highest BCUT2D eigenvalue weighted by Gasteiger charge is 2.34. The van der Waals surface area contributed by atoms with E-state index in [9.17, 15) is 22.8 Å². The van der Waals surface area contributed by atoms with Gasteiger partial charge in [0.05, 0.1) is 25.2 Å². The second kappa shape index (κ2) is 12.2. The summed E-state index contributed by atoms with van der Waals surface area (Å²) < 4.78 is 40.3. The van der Waals surface area contributed by atoms with Crippen molar-refractivity contribution < 1.29 is 27.5 Å². The van der Waals surface area contributed by atoms with Crippen molar-refractivity contribution in [3.8, 4) is 5.75 Å². The van der Waals surface area contributed by atoms with Crippen LogP contribution in [0.4, 0.5) is 0 Å². The first-order valence-electron chi connectivity index (χ1n) is 12.0. The van der Waals surface area contributed by atoms with Crippen molar-refractivity contribution in [3.63, 3.8) is 0 Å². The Bertz CT molecular complexity index is 1630. The molecule has 39 heavy (non-hydrogen) atoms. The number of aromatic amines is 1. The van der Waals surface area contributed by atoms with E-state index in [0.29, 0.717) is 16.7 Å². The van der Waals surface area contributed by atoms with Crippen molar-refractivity contribution in [3.05, 3.63) is 92.9 Å². The number of nitrogens with zero attached hydrogens (tertiary/aromatic N) is 1. The van der Waals surface area contributed by atoms with Crippen LogP contribution in [0.1, 0.15) is 23.4 Å². The van der Waals surface area contributed by atoms with E-state index in [0.717, 1.165) is 4.88 Å². The zero-order valence-electron chi connectivity index (χ0n) is 21.2. The maximum Gasteiger partial charge on any atom is 0.325 e. The largest absolute Gasteiger partial charge is 0.496 e. The average molecular weight is 570 g/mol. The van der Waals surface area contributed by atoms with Gasteiger partial charge >= 0.3 is 5.97 Å². The smallest absolute Gasteiger partial charge is 0.325 e. The van der Waals surface area contributed by atoms with Crippen molar-refractivity contribution in [2.24, 2.45) is 0 Å². The van der Waals surface area contributed by atoms with E-state index in [4.69, 9.17) is 9.47 Å². The van der Waals surface area contributed by atoms with Gasteiger partial charge in [0.25, 0.3) is 0 Å². The van der Waals surface area contributed by atoms with Crippen LogP contribution >= 0.6 is 11.3 Å². The van der Waals surface area contributed by atoms with Crippen LogP contribution in [0.3, 0.4) is 0 Å². The Morgan fingerprint density at radius 2 is 1.87 bits per heavy atom. The molecule has 0 aliphatic heterocycles. The fourth-order valence-electron chi connectivity index (χ4n) is 4.02. The number of hydrogen-bond donors (Lipinski definition) is 2. The van der Waals surface area contributed by atoms with Gasteiger partial charge in [-0.3, -0.25) is 14.4 Å². The molecule has 0 saturated heterocycles. The lowest BCUT2D eigenvalue weighted by atomic mass is 10.0. The highest BCUT2D eigenvalue weighted by molar-refractivity contribution is 7.89. The SMILES string of the molecule is CCOC(=O)CN(Cc1cccs1)C(=O)[C@@H](NS(=O)(=O)c1ccc2[nH]c(=O)ccc2c1)c1ccccc1OC. The van der Waals surface area contributed by atoms with Crippen LogP contribution in [0.15, 0.2) is 81.8 Å². The zero-order chi connectivity index (χ0) is 28.0. The van der Waals surface area contributed by atoms with Crippen LogP contribution in [0.25, 0.3) is 10.9 Å². The number of aromatic nitrogens is 1. The van der Waals surface area contributed by atoms with E-state index in [2.05, 4.69) is 9.71 Å². The maximum absolute atomic E-state index is 14.0. The van der Waals surface area contributed by atoms with E-state index in [1.54, 1.807) is 31.2 Å². The minimum absolute atomic E-state index is 0.0754. The number of para-hydroxylation sites is 1. The highest BCUT2D eigenvalue weighted by atomic mass is 32.2. The van der Waals surface area contributed by atoms with Gasteiger partial charge in [-0.25, -0.2) is 8.42 Å². The van der Waals surface area contributed by atoms with E-state index in [1.165, 1.54) is 53.7 Å². The Kier molecular flexibility index (Phi) is 8.79. The summed E-state index contributed by atoms with van der Waals surface area (Å²) in [4.78, 5) is 42.7. The number of H-pyrrole nitrogens is 1. The van der Waals surface area contributed by atoms with Gasteiger partial charge < -0.3 is 19.4 Å². The van der Waals surface area contributed by atoms with Crippen LogP contribution in [0, 0.1) is 0 Å². The Balaban J connectivity index is 1.75. The Morgan fingerprint density at radius 3 is 2.59 bits per heavy atom. The van der Waals surface area contributed by atoms with E-state index in [1.807, 2.05) is 17.5 Å². The summed E-state index contributed by atoms with van der Waals surface area (Å²) in [5.41, 5.74) is 0.430. The van der Waals surface area contributed by atoms with Crippen molar-refractivity contribution >= 4 is 44.1 Å². The first kappa shape index (κ1) is 28.0. The van der Waals surface area contributed by atoms with Crippen molar-refractivity contribution in [2.75, 3.05) is 20.3 Å². The summed E-state index contributed by atoms with van der Waals surface area (Å²) in [5, 5.41) is 2.34. The number of carbonyl (C=O) groups is 2.